The van der Waals surface area contributed by atoms with Crippen LogP contribution in [0.1, 0.15) is 1.43 Å². The summed E-state index contributed by atoms with van der Waals surface area (Å²) in [6.07, 6.45) is 0. The largest absolute Gasteiger partial charge is 1.00 e. The number of nitrogens with zero attached hydrogens (tertiary/aromatic N) is 1. The van der Waals surface area contributed by atoms with Crippen molar-refractivity contribution in [3.8, 4) is 16.9 Å². The maximum Gasteiger partial charge on any atom is 1.00 e. The van der Waals surface area contributed by atoms with Crippen LogP contribution in [-0.4, -0.2) is 10.0 Å². The maximum atomic E-state index is 10.5. The van der Waals surface area contributed by atoms with Crippen LogP contribution in [0.2, 0.25) is 0 Å². The average molecular weight is 239 g/mol. The molecule has 2 rings (SSSR count). The molecule has 0 unspecified atom stereocenters. The molecule has 0 heterocycles. The predicted octanol–water partition coefficient (Wildman–Crippen LogP) is 0.0839. The molecule has 0 aliphatic carbocycles. The summed E-state index contributed by atoms with van der Waals surface area (Å²) in [7, 11) is 0. The van der Waals surface area contributed by atoms with Crippen LogP contribution >= 0.6 is 0 Å². The van der Waals surface area contributed by atoms with Crippen molar-refractivity contribution < 1.29 is 41.0 Å². The number of benzene rings is 2. The SMILES string of the molecule is O=[N+]([O-])c1ccc(-c2ccc(O)cc2)cc1.[H-].[Na+]. The van der Waals surface area contributed by atoms with E-state index >= 15 is 0 Å². The molecular weight excluding hydrogens is 229 g/mol. The van der Waals surface area contributed by atoms with Gasteiger partial charge in [0.05, 0.1) is 4.92 Å². The van der Waals surface area contributed by atoms with E-state index in [2.05, 4.69) is 0 Å². The maximum absolute atomic E-state index is 10.5. The third kappa shape index (κ3) is 3.30. The summed E-state index contributed by atoms with van der Waals surface area (Å²) < 4.78 is 0. The zero-order valence-corrected chi connectivity index (χ0v) is 11.3. The number of non-ortho nitro benzene ring substituents is 1. The molecule has 0 saturated heterocycles. The van der Waals surface area contributed by atoms with Crippen molar-refractivity contribution in [3.63, 3.8) is 0 Å². The fourth-order valence-electron chi connectivity index (χ4n) is 1.43. The summed E-state index contributed by atoms with van der Waals surface area (Å²) in [5.74, 6) is 0.200. The third-order valence-electron chi connectivity index (χ3n) is 2.28. The third-order valence-corrected chi connectivity index (χ3v) is 2.28. The second-order valence-corrected chi connectivity index (χ2v) is 3.35. The number of phenolic OH excluding ortho intramolecular Hbond substituents is 1. The Morgan fingerprint density at radius 2 is 1.35 bits per heavy atom. The quantitative estimate of drug-likeness (QED) is 0.458. The van der Waals surface area contributed by atoms with Gasteiger partial charge in [-0.3, -0.25) is 10.1 Å². The summed E-state index contributed by atoms with van der Waals surface area (Å²) in [5, 5.41) is 19.6. The van der Waals surface area contributed by atoms with Crippen LogP contribution in [0.4, 0.5) is 5.69 Å². The first-order chi connectivity index (χ1) is 7.66. The normalized spacial score (nSPS) is 9.41. The van der Waals surface area contributed by atoms with Crippen molar-refractivity contribution in [2.75, 3.05) is 0 Å². The van der Waals surface area contributed by atoms with E-state index in [1.165, 1.54) is 12.1 Å². The molecule has 2 aromatic carbocycles. The second kappa shape index (κ2) is 5.82. The number of phenols is 1. The molecule has 0 atom stereocenters. The molecular formula is C12H10NNaO3. The van der Waals surface area contributed by atoms with Gasteiger partial charge in [0.15, 0.2) is 0 Å². The smallest absolute Gasteiger partial charge is 1.00 e. The van der Waals surface area contributed by atoms with E-state index < -0.39 is 4.92 Å². The molecule has 0 radical (unpaired) electrons. The van der Waals surface area contributed by atoms with Gasteiger partial charge >= 0.3 is 29.6 Å². The number of aromatic hydroxyl groups is 1. The standard InChI is InChI=1S/C12H9NO3.Na.H/c14-12-7-3-10(4-8-12)9-1-5-11(6-2-9)13(15)16;;/h1-8,14H;;/q;+1;-1. The van der Waals surface area contributed by atoms with Gasteiger partial charge in [-0.1, -0.05) is 12.1 Å². The van der Waals surface area contributed by atoms with E-state index in [4.69, 9.17) is 5.11 Å². The topological polar surface area (TPSA) is 63.4 Å². The van der Waals surface area contributed by atoms with Crippen LogP contribution in [0.25, 0.3) is 11.1 Å². The fourth-order valence-corrected chi connectivity index (χ4v) is 1.43. The van der Waals surface area contributed by atoms with Gasteiger partial charge in [-0.25, -0.2) is 0 Å². The van der Waals surface area contributed by atoms with Gasteiger partial charge < -0.3 is 6.53 Å². The average Bonchev–Trinajstić information content (AvgIpc) is 2.30. The minimum absolute atomic E-state index is 0. The molecule has 0 aromatic heterocycles. The predicted molar refractivity (Wildman–Crippen MR) is 61.3 cm³/mol. The number of nitro groups is 1. The summed E-state index contributed by atoms with van der Waals surface area (Å²) in [5.41, 5.74) is 1.86. The Morgan fingerprint density at radius 1 is 0.941 bits per heavy atom. The molecule has 0 fully saturated rings. The first-order valence-electron chi connectivity index (χ1n) is 4.71. The first-order valence-corrected chi connectivity index (χ1v) is 4.71. The van der Waals surface area contributed by atoms with Gasteiger partial charge in [-0.05, 0) is 35.4 Å². The van der Waals surface area contributed by atoms with Crippen LogP contribution in [-0.2, 0) is 0 Å². The van der Waals surface area contributed by atoms with Gasteiger partial charge in [0.1, 0.15) is 5.75 Å². The second-order valence-electron chi connectivity index (χ2n) is 3.35. The van der Waals surface area contributed by atoms with E-state index in [1.54, 1.807) is 36.4 Å². The van der Waals surface area contributed by atoms with Crippen LogP contribution in [0.3, 0.4) is 0 Å². The number of hydrogen-bond acceptors (Lipinski definition) is 3. The molecule has 0 saturated carbocycles. The number of rotatable bonds is 2. The van der Waals surface area contributed by atoms with Crippen molar-refractivity contribution in [2.45, 2.75) is 0 Å². The molecule has 0 aliphatic heterocycles. The van der Waals surface area contributed by atoms with Crippen molar-refractivity contribution >= 4 is 5.69 Å². The minimum atomic E-state index is -0.430. The Kier molecular flexibility index (Phi) is 4.69. The van der Waals surface area contributed by atoms with Crippen LogP contribution in [0.15, 0.2) is 48.5 Å². The molecule has 4 nitrogen and oxygen atoms in total. The molecule has 0 spiro atoms. The molecule has 1 N–H and O–H groups in total. The minimum Gasteiger partial charge on any atom is -1.00 e. The zero-order chi connectivity index (χ0) is 11.5. The summed E-state index contributed by atoms with van der Waals surface area (Å²) in [6, 6.07) is 13.0. The van der Waals surface area contributed by atoms with Crippen LogP contribution in [0, 0.1) is 10.1 Å². The molecule has 0 amide bonds. The van der Waals surface area contributed by atoms with Gasteiger partial charge in [0.25, 0.3) is 5.69 Å². The van der Waals surface area contributed by atoms with Gasteiger partial charge in [0, 0.05) is 12.1 Å². The molecule has 0 bridgehead atoms. The Morgan fingerprint density at radius 3 is 1.76 bits per heavy atom. The van der Waals surface area contributed by atoms with E-state index in [9.17, 15) is 10.1 Å². The summed E-state index contributed by atoms with van der Waals surface area (Å²) in [6.45, 7) is 0. The fraction of sp³-hybridized carbons (Fsp3) is 0. The zero-order valence-electron chi connectivity index (χ0n) is 10.3. The van der Waals surface area contributed by atoms with Crippen molar-refractivity contribution in [1.82, 2.24) is 0 Å². The van der Waals surface area contributed by atoms with E-state index in [0.29, 0.717) is 0 Å². The van der Waals surface area contributed by atoms with E-state index in [0.717, 1.165) is 11.1 Å². The first kappa shape index (κ1) is 13.7. The van der Waals surface area contributed by atoms with E-state index in [-0.39, 0.29) is 42.4 Å². The summed E-state index contributed by atoms with van der Waals surface area (Å²) >= 11 is 0. The molecule has 2 aromatic rings. The van der Waals surface area contributed by atoms with Gasteiger partial charge in [-0.2, -0.15) is 0 Å². The molecule has 5 heteroatoms. The van der Waals surface area contributed by atoms with Gasteiger partial charge in [-0.15, -0.1) is 0 Å². The number of nitro benzene ring substituents is 1. The van der Waals surface area contributed by atoms with Crippen LogP contribution in [0.5, 0.6) is 5.75 Å². The molecule has 17 heavy (non-hydrogen) atoms. The Hall–Kier alpha value is -1.36. The number of hydrogen-bond donors (Lipinski definition) is 1. The molecule has 82 valence electrons. The van der Waals surface area contributed by atoms with Crippen LogP contribution < -0.4 is 29.6 Å². The molecule has 0 aliphatic rings. The monoisotopic (exact) mass is 239 g/mol. The Bertz CT molecular complexity index is 514. The van der Waals surface area contributed by atoms with Gasteiger partial charge in [0.2, 0.25) is 0 Å². The van der Waals surface area contributed by atoms with E-state index in [1.807, 2.05) is 0 Å². The Labute approximate surface area is 122 Å². The Balaban J connectivity index is 0.00000144. The van der Waals surface area contributed by atoms with Crippen molar-refractivity contribution in [2.24, 2.45) is 0 Å². The van der Waals surface area contributed by atoms with Crippen molar-refractivity contribution in [1.29, 1.82) is 0 Å². The summed E-state index contributed by atoms with van der Waals surface area (Å²) in [4.78, 5) is 10.0. The van der Waals surface area contributed by atoms with Crippen molar-refractivity contribution in [3.05, 3.63) is 58.6 Å².